The maximum absolute atomic E-state index is 12.7. The standard InChI is InChI=1S/C22H22O5/c1-22(2,3)27-18(23)13-16(14-9-5-4-6-10-14)19-20(24)15-11-7-8-12-17(15)26-21(19)25/h4-12,16,24H,13H2,1-3H3. The molecule has 1 atom stereocenters. The number of fused-ring (bicyclic) bond motifs is 1. The van der Waals surface area contributed by atoms with Crippen LogP contribution in [0.2, 0.25) is 0 Å². The average molecular weight is 366 g/mol. The van der Waals surface area contributed by atoms with Crippen LogP contribution in [0.5, 0.6) is 5.75 Å². The number of ether oxygens (including phenoxy) is 1. The second kappa shape index (κ2) is 7.27. The van der Waals surface area contributed by atoms with Crippen LogP contribution in [0.1, 0.15) is 44.2 Å². The molecular formula is C22H22O5. The van der Waals surface area contributed by atoms with Crippen molar-refractivity contribution in [2.75, 3.05) is 0 Å². The van der Waals surface area contributed by atoms with Gasteiger partial charge in [-0.3, -0.25) is 4.79 Å². The molecule has 5 heteroatoms. The van der Waals surface area contributed by atoms with Crippen LogP contribution in [0.3, 0.4) is 0 Å². The zero-order valence-corrected chi connectivity index (χ0v) is 15.6. The summed E-state index contributed by atoms with van der Waals surface area (Å²) >= 11 is 0. The third-order valence-electron chi connectivity index (χ3n) is 4.16. The summed E-state index contributed by atoms with van der Waals surface area (Å²) in [5.41, 5.74) is -0.225. The first-order valence-electron chi connectivity index (χ1n) is 8.78. The van der Waals surface area contributed by atoms with E-state index in [-0.39, 0.29) is 17.7 Å². The number of hydrogen-bond acceptors (Lipinski definition) is 5. The first-order chi connectivity index (χ1) is 12.8. The second-order valence-electron chi connectivity index (χ2n) is 7.40. The quantitative estimate of drug-likeness (QED) is 0.548. The number of para-hydroxylation sites is 1. The fraction of sp³-hybridized carbons (Fsp3) is 0.273. The molecule has 2 aromatic carbocycles. The molecule has 0 spiro atoms. The lowest BCUT2D eigenvalue weighted by molar-refractivity contribution is -0.155. The summed E-state index contributed by atoms with van der Waals surface area (Å²) in [4.78, 5) is 25.1. The number of carbonyl (C=O) groups is 1. The van der Waals surface area contributed by atoms with Crippen LogP contribution in [-0.4, -0.2) is 16.7 Å². The van der Waals surface area contributed by atoms with Gasteiger partial charge >= 0.3 is 11.6 Å². The van der Waals surface area contributed by atoms with Gasteiger partial charge in [0.15, 0.2) is 0 Å². The highest BCUT2D eigenvalue weighted by Gasteiger charge is 2.29. The molecule has 1 unspecified atom stereocenters. The summed E-state index contributed by atoms with van der Waals surface area (Å²) in [6, 6.07) is 15.9. The Hall–Kier alpha value is -3.08. The summed E-state index contributed by atoms with van der Waals surface area (Å²) in [5, 5.41) is 11.2. The molecule has 27 heavy (non-hydrogen) atoms. The average Bonchev–Trinajstić information content (AvgIpc) is 2.60. The van der Waals surface area contributed by atoms with Crippen molar-refractivity contribution in [3.05, 3.63) is 76.1 Å². The van der Waals surface area contributed by atoms with Gasteiger partial charge in [-0.15, -0.1) is 0 Å². The fourth-order valence-corrected chi connectivity index (χ4v) is 3.08. The number of aromatic hydroxyl groups is 1. The first kappa shape index (κ1) is 18.7. The van der Waals surface area contributed by atoms with Crippen LogP contribution in [-0.2, 0) is 9.53 Å². The molecule has 0 radical (unpaired) electrons. The molecule has 1 aromatic heterocycles. The monoisotopic (exact) mass is 366 g/mol. The van der Waals surface area contributed by atoms with E-state index in [1.165, 1.54) is 0 Å². The zero-order valence-electron chi connectivity index (χ0n) is 15.6. The molecule has 1 heterocycles. The van der Waals surface area contributed by atoms with Gasteiger partial charge in [-0.2, -0.15) is 0 Å². The molecule has 0 aliphatic rings. The van der Waals surface area contributed by atoms with Gasteiger partial charge in [0.2, 0.25) is 0 Å². The summed E-state index contributed by atoms with van der Waals surface area (Å²) in [6.07, 6.45) is -0.0854. The predicted molar refractivity (Wildman–Crippen MR) is 103 cm³/mol. The lowest BCUT2D eigenvalue weighted by Crippen LogP contribution is -2.26. The second-order valence-corrected chi connectivity index (χ2v) is 7.40. The van der Waals surface area contributed by atoms with Crippen molar-refractivity contribution in [2.24, 2.45) is 0 Å². The molecule has 0 aliphatic carbocycles. The van der Waals surface area contributed by atoms with Crippen LogP contribution in [0.4, 0.5) is 0 Å². The normalized spacial score (nSPS) is 12.7. The van der Waals surface area contributed by atoms with Crippen LogP contribution in [0.25, 0.3) is 11.0 Å². The molecule has 0 aliphatic heterocycles. The van der Waals surface area contributed by atoms with Gasteiger partial charge in [0.25, 0.3) is 0 Å². The van der Waals surface area contributed by atoms with E-state index in [1.807, 2.05) is 30.3 Å². The largest absolute Gasteiger partial charge is 0.507 e. The summed E-state index contributed by atoms with van der Waals surface area (Å²) in [7, 11) is 0. The van der Waals surface area contributed by atoms with Crippen molar-refractivity contribution in [3.8, 4) is 5.75 Å². The molecule has 0 saturated heterocycles. The van der Waals surface area contributed by atoms with Crippen LogP contribution in [0.15, 0.2) is 63.8 Å². The Kier molecular flexibility index (Phi) is 5.04. The van der Waals surface area contributed by atoms with E-state index in [1.54, 1.807) is 45.0 Å². The van der Waals surface area contributed by atoms with Gasteiger partial charge in [-0.1, -0.05) is 42.5 Å². The van der Waals surface area contributed by atoms with E-state index < -0.39 is 23.1 Å². The molecule has 3 aromatic rings. The minimum absolute atomic E-state index is 0.0609. The van der Waals surface area contributed by atoms with Gasteiger partial charge in [-0.25, -0.2) is 4.79 Å². The van der Waals surface area contributed by atoms with E-state index in [9.17, 15) is 14.7 Å². The Morgan fingerprint density at radius 3 is 2.37 bits per heavy atom. The van der Waals surface area contributed by atoms with Gasteiger partial charge in [-0.05, 0) is 38.5 Å². The zero-order chi connectivity index (χ0) is 19.6. The van der Waals surface area contributed by atoms with E-state index >= 15 is 0 Å². The Balaban J connectivity index is 2.13. The minimum atomic E-state index is -0.679. The maximum Gasteiger partial charge on any atom is 0.343 e. The number of esters is 1. The molecule has 0 amide bonds. The van der Waals surface area contributed by atoms with E-state index in [4.69, 9.17) is 9.15 Å². The van der Waals surface area contributed by atoms with Crippen LogP contribution >= 0.6 is 0 Å². The Bertz CT molecular complexity index is 1010. The van der Waals surface area contributed by atoms with Crippen LogP contribution in [0, 0.1) is 0 Å². The van der Waals surface area contributed by atoms with Gasteiger partial charge in [0.05, 0.1) is 17.4 Å². The lowest BCUT2D eigenvalue weighted by atomic mass is 9.88. The molecule has 0 saturated carbocycles. The van der Waals surface area contributed by atoms with Gasteiger partial charge < -0.3 is 14.3 Å². The lowest BCUT2D eigenvalue weighted by Gasteiger charge is -2.23. The number of rotatable bonds is 4. The van der Waals surface area contributed by atoms with E-state index in [2.05, 4.69) is 0 Å². The first-order valence-corrected chi connectivity index (χ1v) is 8.78. The highest BCUT2D eigenvalue weighted by Crippen LogP contribution is 2.36. The summed E-state index contributed by atoms with van der Waals surface area (Å²) in [6.45, 7) is 5.35. The number of carbonyl (C=O) groups excluding carboxylic acids is 1. The van der Waals surface area contributed by atoms with Crippen molar-refractivity contribution in [1.29, 1.82) is 0 Å². The highest BCUT2D eigenvalue weighted by molar-refractivity contribution is 5.84. The Morgan fingerprint density at radius 2 is 1.70 bits per heavy atom. The van der Waals surface area contributed by atoms with Crippen molar-refractivity contribution >= 4 is 16.9 Å². The SMILES string of the molecule is CC(C)(C)OC(=O)CC(c1ccccc1)c1c(O)c2ccccc2oc1=O. The summed E-state index contributed by atoms with van der Waals surface area (Å²) in [5.74, 6) is -1.30. The molecule has 140 valence electrons. The predicted octanol–water partition coefficient (Wildman–Crippen LogP) is 4.36. The number of hydrogen-bond donors (Lipinski definition) is 1. The Labute approximate surface area is 157 Å². The van der Waals surface area contributed by atoms with Crippen molar-refractivity contribution < 1.29 is 19.1 Å². The van der Waals surface area contributed by atoms with Crippen molar-refractivity contribution in [3.63, 3.8) is 0 Å². The fourth-order valence-electron chi connectivity index (χ4n) is 3.08. The maximum atomic E-state index is 12.7. The topological polar surface area (TPSA) is 76.7 Å². The van der Waals surface area contributed by atoms with Gasteiger partial charge in [0, 0.05) is 5.92 Å². The molecule has 3 rings (SSSR count). The molecular weight excluding hydrogens is 344 g/mol. The molecule has 5 nitrogen and oxygen atoms in total. The van der Waals surface area contributed by atoms with E-state index in [0.717, 1.165) is 5.56 Å². The molecule has 0 bridgehead atoms. The number of benzene rings is 2. The Morgan fingerprint density at radius 1 is 1.07 bits per heavy atom. The smallest absolute Gasteiger partial charge is 0.343 e. The third kappa shape index (κ3) is 4.19. The van der Waals surface area contributed by atoms with Crippen molar-refractivity contribution in [1.82, 2.24) is 0 Å². The van der Waals surface area contributed by atoms with Crippen LogP contribution < -0.4 is 5.63 Å². The molecule has 0 fully saturated rings. The van der Waals surface area contributed by atoms with Crippen molar-refractivity contribution in [2.45, 2.75) is 38.7 Å². The highest BCUT2D eigenvalue weighted by atomic mass is 16.6. The third-order valence-corrected chi connectivity index (χ3v) is 4.16. The minimum Gasteiger partial charge on any atom is -0.507 e. The summed E-state index contributed by atoms with van der Waals surface area (Å²) < 4.78 is 10.8. The molecule has 1 N–H and O–H groups in total. The van der Waals surface area contributed by atoms with Gasteiger partial charge in [0.1, 0.15) is 16.9 Å². The van der Waals surface area contributed by atoms with E-state index in [0.29, 0.717) is 11.0 Å².